The lowest BCUT2D eigenvalue weighted by Gasteiger charge is -2.21. The summed E-state index contributed by atoms with van der Waals surface area (Å²) in [5.41, 5.74) is 4.27. The van der Waals surface area contributed by atoms with E-state index < -0.39 is 22.5 Å². The van der Waals surface area contributed by atoms with Crippen LogP contribution in [0.25, 0.3) is 10.8 Å². The highest BCUT2D eigenvalue weighted by Gasteiger charge is 2.21. The summed E-state index contributed by atoms with van der Waals surface area (Å²) in [6.45, 7) is 3.67. The summed E-state index contributed by atoms with van der Waals surface area (Å²) in [7, 11) is -3.68. The van der Waals surface area contributed by atoms with E-state index in [1.54, 1.807) is 24.3 Å². The molecule has 0 saturated heterocycles. The summed E-state index contributed by atoms with van der Waals surface area (Å²) in [6, 6.07) is 17.9. The van der Waals surface area contributed by atoms with Crippen LogP contribution in [0.2, 0.25) is 0 Å². The number of carbonyl (C=O) groups is 1. The van der Waals surface area contributed by atoms with E-state index in [0.717, 1.165) is 26.9 Å². The first kappa shape index (κ1) is 22.3. The molecule has 0 radical (unpaired) electrons. The van der Waals surface area contributed by atoms with Gasteiger partial charge in [-0.1, -0.05) is 56.3 Å². The van der Waals surface area contributed by atoms with Crippen molar-refractivity contribution in [3.8, 4) is 5.75 Å². The molecule has 0 heterocycles. The van der Waals surface area contributed by atoms with E-state index in [9.17, 15) is 18.3 Å². The molecular weight excluding hydrogens is 414 g/mol. The normalized spacial score (nSPS) is 11.9. The molecule has 31 heavy (non-hydrogen) atoms. The average molecular weight is 440 g/mol. The van der Waals surface area contributed by atoms with Gasteiger partial charge >= 0.3 is 0 Å². The molecular formula is C23H25N3O4S. The van der Waals surface area contributed by atoms with Gasteiger partial charge in [0.1, 0.15) is 12.3 Å². The topological polar surface area (TPSA) is 99.1 Å². The average Bonchev–Trinajstić information content (AvgIpc) is 2.73. The molecule has 0 aliphatic carbocycles. The van der Waals surface area contributed by atoms with Gasteiger partial charge in [-0.2, -0.15) is 5.10 Å². The number of phenols is 1. The summed E-state index contributed by atoms with van der Waals surface area (Å²) < 4.78 is 25.5. The zero-order chi connectivity index (χ0) is 22.6. The maximum atomic E-state index is 12.4. The molecule has 1 amide bonds. The standard InChI is InChI=1S/C23H25N3O4S/c1-16(2)17-8-11-19(12-9-17)26(31(3,29)30)15-23(28)25-24-14-21-20-7-5-4-6-18(20)10-13-22(21)27/h4-14,16,27H,15H2,1-3H3,(H,25,28)/b24-14-. The molecule has 2 N–H and O–H groups in total. The van der Waals surface area contributed by atoms with Crippen LogP contribution in [-0.4, -0.2) is 38.4 Å². The Morgan fingerprint density at radius 3 is 2.42 bits per heavy atom. The number of anilines is 1. The number of carbonyl (C=O) groups excluding carboxylic acids is 1. The van der Waals surface area contributed by atoms with Gasteiger partial charge in [-0.3, -0.25) is 9.10 Å². The first-order chi connectivity index (χ1) is 14.7. The van der Waals surface area contributed by atoms with Crippen molar-refractivity contribution >= 4 is 38.6 Å². The zero-order valence-electron chi connectivity index (χ0n) is 17.6. The van der Waals surface area contributed by atoms with Gasteiger partial charge in [0.25, 0.3) is 5.91 Å². The smallest absolute Gasteiger partial charge is 0.260 e. The summed E-state index contributed by atoms with van der Waals surface area (Å²) in [5, 5.41) is 15.8. The van der Waals surface area contributed by atoms with Gasteiger partial charge in [0.15, 0.2) is 0 Å². The van der Waals surface area contributed by atoms with E-state index in [0.29, 0.717) is 17.2 Å². The first-order valence-corrected chi connectivity index (χ1v) is 11.6. The second-order valence-electron chi connectivity index (χ2n) is 7.53. The Hall–Kier alpha value is -3.39. The SMILES string of the molecule is CC(C)c1ccc(N(CC(=O)N/N=C\c2c(O)ccc3ccccc23)S(C)(=O)=O)cc1. The maximum absolute atomic E-state index is 12.4. The fourth-order valence-electron chi connectivity index (χ4n) is 3.18. The summed E-state index contributed by atoms with van der Waals surface area (Å²) in [4.78, 5) is 12.4. The molecule has 3 aromatic carbocycles. The lowest BCUT2D eigenvalue weighted by atomic mass is 10.0. The molecule has 7 nitrogen and oxygen atoms in total. The zero-order valence-corrected chi connectivity index (χ0v) is 18.4. The van der Waals surface area contributed by atoms with Gasteiger partial charge in [0, 0.05) is 5.56 Å². The van der Waals surface area contributed by atoms with Crippen LogP contribution in [0.3, 0.4) is 0 Å². The van der Waals surface area contributed by atoms with Crippen molar-refractivity contribution in [2.24, 2.45) is 5.10 Å². The van der Waals surface area contributed by atoms with Crippen molar-refractivity contribution in [1.82, 2.24) is 5.43 Å². The summed E-state index contributed by atoms with van der Waals surface area (Å²) in [5.74, 6) is -0.266. The minimum Gasteiger partial charge on any atom is -0.507 e. The molecule has 0 aromatic heterocycles. The number of phenolic OH excluding ortho intramolecular Hbond substituents is 1. The Balaban J connectivity index is 1.76. The van der Waals surface area contributed by atoms with E-state index >= 15 is 0 Å². The molecule has 0 aliphatic heterocycles. The fourth-order valence-corrected chi connectivity index (χ4v) is 4.04. The van der Waals surface area contributed by atoms with Crippen LogP contribution in [0.15, 0.2) is 65.8 Å². The van der Waals surface area contributed by atoms with Crippen molar-refractivity contribution < 1.29 is 18.3 Å². The van der Waals surface area contributed by atoms with Crippen LogP contribution in [0.4, 0.5) is 5.69 Å². The quantitative estimate of drug-likeness (QED) is 0.434. The highest BCUT2D eigenvalue weighted by Crippen LogP contribution is 2.25. The molecule has 8 heteroatoms. The Bertz CT molecular complexity index is 1220. The molecule has 3 rings (SSSR count). The number of nitrogens with one attached hydrogen (secondary N) is 1. The van der Waals surface area contributed by atoms with Crippen LogP contribution in [-0.2, 0) is 14.8 Å². The van der Waals surface area contributed by atoms with Gasteiger partial charge in [-0.15, -0.1) is 0 Å². The third-order valence-electron chi connectivity index (χ3n) is 4.87. The van der Waals surface area contributed by atoms with Gasteiger partial charge in [0.05, 0.1) is 18.2 Å². The highest BCUT2D eigenvalue weighted by molar-refractivity contribution is 7.92. The molecule has 0 atom stereocenters. The van der Waals surface area contributed by atoms with Gasteiger partial charge in [-0.05, 0) is 40.5 Å². The lowest BCUT2D eigenvalue weighted by molar-refractivity contribution is -0.119. The van der Waals surface area contributed by atoms with E-state index in [1.807, 2.05) is 50.2 Å². The first-order valence-electron chi connectivity index (χ1n) is 9.77. The van der Waals surface area contributed by atoms with Crippen LogP contribution >= 0.6 is 0 Å². The number of aromatic hydroxyl groups is 1. The van der Waals surface area contributed by atoms with Crippen molar-refractivity contribution in [2.75, 3.05) is 17.1 Å². The minimum absolute atomic E-state index is 0.0275. The van der Waals surface area contributed by atoms with E-state index in [4.69, 9.17) is 0 Å². The van der Waals surface area contributed by atoms with Crippen LogP contribution < -0.4 is 9.73 Å². The molecule has 162 valence electrons. The number of hydrogen-bond donors (Lipinski definition) is 2. The Morgan fingerprint density at radius 1 is 1.10 bits per heavy atom. The van der Waals surface area contributed by atoms with Crippen molar-refractivity contribution in [3.63, 3.8) is 0 Å². The molecule has 0 bridgehead atoms. The van der Waals surface area contributed by atoms with Crippen molar-refractivity contribution in [3.05, 3.63) is 71.8 Å². The van der Waals surface area contributed by atoms with E-state index in [-0.39, 0.29) is 5.75 Å². The van der Waals surface area contributed by atoms with E-state index in [1.165, 1.54) is 6.21 Å². The fraction of sp³-hybridized carbons (Fsp3) is 0.217. The molecule has 0 fully saturated rings. The van der Waals surface area contributed by atoms with Crippen molar-refractivity contribution in [1.29, 1.82) is 0 Å². The molecule has 0 saturated carbocycles. The largest absolute Gasteiger partial charge is 0.507 e. The second-order valence-corrected chi connectivity index (χ2v) is 9.44. The monoisotopic (exact) mass is 439 g/mol. The molecule has 3 aromatic rings. The third-order valence-corrected chi connectivity index (χ3v) is 6.01. The summed E-state index contributed by atoms with van der Waals surface area (Å²) >= 11 is 0. The molecule has 0 spiro atoms. The number of rotatable bonds is 7. The third kappa shape index (κ3) is 5.40. The molecule has 0 aliphatic rings. The Morgan fingerprint density at radius 2 is 1.77 bits per heavy atom. The maximum Gasteiger partial charge on any atom is 0.260 e. The van der Waals surface area contributed by atoms with E-state index in [2.05, 4.69) is 10.5 Å². The second kappa shape index (κ2) is 9.18. The number of sulfonamides is 1. The predicted molar refractivity (Wildman–Crippen MR) is 124 cm³/mol. The number of benzene rings is 3. The minimum atomic E-state index is -3.68. The number of fused-ring (bicyclic) bond motifs is 1. The number of hydrazone groups is 1. The molecule has 0 unspecified atom stereocenters. The van der Waals surface area contributed by atoms with Gasteiger partial charge in [0.2, 0.25) is 10.0 Å². The number of amides is 1. The predicted octanol–water partition coefficient (Wildman–Crippen LogP) is 3.59. The number of nitrogens with zero attached hydrogens (tertiary/aromatic N) is 2. The van der Waals surface area contributed by atoms with Crippen LogP contribution in [0.1, 0.15) is 30.9 Å². The Kier molecular flexibility index (Phi) is 6.60. The number of hydrogen-bond acceptors (Lipinski definition) is 5. The van der Waals surface area contributed by atoms with Crippen molar-refractivity contribution in [2.45, 2.75) is 19.8 Å². The van der Waals surface area contributed by atoms with Gasteiger partial charge in [-0.25, -0.2) is 13.8 Å². The summed E-state index contributed by atoms with van der Waals surface area (Å²) in [6.07, 6.45) is 2.39. The van der Waals surface area contributed by atoms with Gasteiger partial charge < -0.3 is 5.11 Å². The van der Waals surface area contributed by atoms with Crippen LogP contribution in [0, 0.1) is 0 Å². The highest BCUT2D eigenvalue weighted by atomic mass is 32.2. The van der Waals surface area contributed by atoms with Crippen LogP contribution in [0.5, 0.6) is 5.75 Å². The lowest BCUT2D eigenvalue weighted by Crippen LogP contribution is -2.39. The Labute approximate surface area is 182 Å².